The van der Waals surface area contributed by atoms with Gasteiger partial charge < -0.3 is 13.6 Å². The molecule has 0 aliphatic heterocycles. The predicted molar refractivity (Wildman–Crippen MR) is 86.2 cm³/mol. The Kier molecular flexibility index (Phi) is 3.16. The summed E-state index contributed by atoms with van der Waals surface area (Å²) in [5.41, 5.74) is 0.682. The van der Waals surface area contributed by atoms with Gasteiger partial charge >= 0.3 is 11.6 Å². The lowest BCUT2D eigenvalue weighted by Gasteiger charge is -2.04. The van der Waals surface area contributed by atoms with Crippen molar-refractivity contribution < 1.29 is 18.4 Å². The van der Waals surface area contributed by atoms with Crippen LogP contribution < -0.4 is 10.4 Å². The molecule has 0 fully saturated rings. The van der Waals surface area contributed by atoms with Gasteiger partial charge in [-0.15, -0.1) is 0 Å². The summed E-state index contributed by atoms with van der Waals surface area (Å²) in [5.74, 6) is 0.00563. The SMILES string of the molecule is Cc1nc2cc(OC(=O)c3cc4ccccc4oc3=O)ccc2o1. The number of ether oxygens (including phenoxy) is 1. The van der Waals surface area contributed by atoms with Crippen molar-refractivity contribution in [1.82, 2.24) is 4.98 Å². The molecule has 6 nitrogen and oxygen atoms in total. The Bertz CT molecular complexity index is 1140. The molecular formula is C18H11NO5. The van der Waals surface area contributed by atoms with Crippen LogP contribution in [0.2, 0.25) is 0 Å². The van der Waals surface area contributed by atoms with Crippen molar-refractivity contribution in [3.63, 3.8) is 0 Å². The molecule has 0 saturated carbocycles. The summed E-state index contributed by atoms with van der Waals surface area (Å²) in [7, 11) is 0. The lowest BCUT2D eigenvalue weighted by molar-refractivity contribution is 0.0731. The molecule has 4 aromatic rings. The van der Waals surface area contributed by atoms with Gasteiger partial charge in [-0.3, -0.25) is 0 Å². The predicted octanol–water partition coefficient (Wildman–Crippen LogP) is 3.46. The minimum absolute atomic E-state index is 0.162. The fourth-order valence-electron chi connectivity index (χ4n) is 2.45. The van der Waals surface area contributed by atoms with Crippen molar-refractivity contribution in [2.24, 2.45) is 0 Å². The van der Waals surface area contributed by atoms with E-state index in [9.17, 15) is 9.59 Å². The molecule has 24 heavy (non-hydrogen) atoms. The molecule has 2 heterocycles. The van der Waals surface area contributed by atoms with Gasteiger partial charge in [-0.05, 0) is 24.3 Å². The third-order valence-electron chi connectivity index (χ3n) is 3.54. The third kappa shape index (κ3) is 2.44. The Morgan fingerprint density at radius 3 is 2.75 bits per heavy atom. The number of aryl methyl sites for hydroxylation is 1. The topological polar surface area (TPSA) is 82.5 Å². The van der Waals surface area contributed by atoms with E-state index in [0.717, 1.165) is 0 Å². The van der Waals surface area contributed by atoms with Crippen molar-refractivity contribution in [3.8, 4) is 5.75 Å². The second-order valence-electron chi connectivity index (χ2n) is 5.24. The first kappa shape index (κ1) is 14.2. The van der Waals surface area contributed by atoms with Crippen LogP contribution in [0.25, 0.3) is 22.1 Å². The standard InChI is InChI=1S/C18H11NO5/c1-10-19-14-9-12(6-7-16(14)22-10)23-17(20)13-8-11-4-2-3-5-15(11)24-18(13)21/h2-9H,1H3. The van der Waals surface area contributed by atoms with Crippen molar-refractivity contribution in [2.45, 2.75) is 6.92 Å². The van der Waals surface area contributed by atoms with Gasteiger partial charge in [-0.25, -0.2) is 14.6 Å². The van der Waals surface area contributed by atoms with Crippen LogP contribution in [-0.2, 0) is 0 Å². The number of para-hydroxylation sites is 1. The average Bonchev–Trinajstić information content (AvgIpc) is 2.93. The van der Waals surface area contributed by atoms with Gasteiger partial charge in [-0.1, -0.05) is 18.2 Å². The van der Waals surface area contributed by atoms with Crippen LogP contribution in [0.15, 0.2) is 62.2 Å². The molecule has 0 aliphatic rings. The van der Waals surface area contributed by atoms with Crippen molar-refractivity contribution in [1.29, 1.82) is 0 Å². The molecule has 4 rings (SSSR count). The van der Waals surface area contributed by atoms with Crippen LogP contribution >= 0.6 is 0 Å². The Labute approximate surface area is 135 Å². The van der Waals surface area contributed by atoms with Gasteiger partial charge in [0, 0.05) is 18.4 Å². The van der Waals surface area contributed by atoms with Gasteiger partial charge in [0.1, 0.15) is 22.4 Å². The fraction of sp³-hybridized carbons (Fsp3) is 0.0556. The first-order valence-corrected chi connectivity index (χ1v) is 7.22. The Balaban J connectivity index is 1.70. The summed E-state index contributed by atoms with van der Waals surface area (Å²) in [4.78, 5) is 28.5. The molecule has 0 N–H and O–H groups in total. The largest absolute Gasteiger partial charge is 0.441 e. The first-order valence-electron chi connectivity index (χ1n) is 7.22. The van der Waals surface area contributed by atoms with Crippen LogP contribution in [-0.4, -0.2) is 11.0 Å². The molecule has 0 aliphatic carbocycles. The molecule has 118 valence electrons. The molecule has 0 saturated heterocycles. The number of hydrogen-bond acceptors (Lipinski definition) is 6. The van der Waals surface area contributed by atoms with E-state index in [1.165, 1.54) is 6.07 Å². The van der Waals surface area contributed by atoms with E-state index >= 15 is 0 Å². The zero-order valence-electron chi connectivity index (χ0n) is 12.6. The Hall–Kier alpha value is -3.41. The lowest BCUT2D eigenvalue weighted by atomic mass is 10.2. The van der Waals surface area contributed by atoms with Crippen LogP contribution in [0.1, 0.15) is 16.2 Å². The summed E-state index contributed by atoms with van der Waals surface area (Å²) in [6, 6.07) is 13.2. The van der Waals surface area contributed by atoms with Crippen LogP contribution in [0.3, 0.4) is 0 Å². The van der Waals surface area contributed by atoms with Crippen LogP contribution in [0.4, 0.5) is 0 Å². The number of aromatic nitrogens is 1. The maximum absolute atomic E-state index is 12.3. The lowest BCUT2D eigenvalue weighted by Crippen LogP contribution is -2.18. The van der Waals surface area contributed by atoms with E-state index in [1.807, 2.05) is 0 Å². The zero-order valence-corrected chi connectivity index (χ0v) is 12.6. The van der Waals surface area contributed by atoms with Crippen molar-refractivity contribution >= 4 is 28.0 Å². The summed E-state index contributed by atoms with van der Waals surface area (Å²) in [5, 5.41) is 0.645. The number of nitrogens with zero attached hydrogens (tertiary/aromatic N) is 1. The monoisotopic (exact) mass is 321 g/mol. The van der Waals surface area contributed by atoms with E-state index in [4.69, 9.17) is 13.6 Å². The minimum Gasteiger partial charge on any atom is -0.441 e. The molecule has 6 heteroatoms. The fourth-order valence-corrected chi connectivity index (χ4v) is 2.45. The maximum atomic E-state index is 12.3. The van der Waals surface area contributed by atoms with E-state index in [-0.39, 0.29) is 11.3 Å². The third-order valence-corrected chi connectivity index (χ3v) is 3.54. The molecular weight excluding hydrogens is 310 g/mol. The number of benzene rings is 2. The van der Waals surface area contributed by atoms with Gasteiger partial charge in [0.25, 0.3) is 0 Å². The van der Waals surface area contributed by atoms with Gasteiger partial charge in [-0.2, -0.15) is 0 Å². The van der Waals surface area contributed by atoms with Crippen LogP contribution in [0, 0.1) is 6.92 Å². The number of carbonyl (C=O) groups excluding carboxylic acids is 1. The second-order valence-corrected chi connectivity index (χ2v) is 5.24. The number of fused-ring (bicyclic) bond motifs is 2. The van der Waals surface area contributed by atoms with Crippen molar-refractivity contribution in [3.05, 3.63) is 70.4 Å². The normalized spacial score (nSPS) is 11.0. The number of hydrogen-bond donors (Lipinski definition) is 0. The quantitative estimate of drug-likeness (QED) is 0.319. The molecule has 0 atom stereocenters. The molecule has 0 amide bonds. The van der Waals surface area contributed by atoms with Crippen molar-refractivity contribution in [2.75, 3.05) is 0 Å². The van der Waals surface area contributed by atoms with Gasteiger partial charge in [0.2, 0.25) is 0 Å². The molecule has 2 aromatic heterocycles. The van der Waals surface area contributed by atoms with E-state index in [2.05, 4.69) is 4.98 Å². The van der Waals surface area contributed by atoms with E-state index in [0.29, 0.717) is 28.0 Å². The summed E-state index contributed by atoms with van der Waals surface area (Å²) in [6.07, 6.45) is 0. The molecule has 0 spiro atoms. The Morgan fingerprint density at radius 1 is 1.04 bits per heavy atom. The Morgan fingerprint density at radius 2 is 1.88 bits per heavy atom. The molecule has 2 aromatic carbocycles. The van der Waals surface area contributed by atoms with Gasteiger partial charge in [0.05, 0.1) is 0 Å². The highest BCUT2D eigenvalue weighted by atomic mass is 16.5. The average molecular weight is 321 g/mol. The summed E-state index contributed by atoms with van der Waals surface area (Å²) < 4.78 is 15.8. The maximum Gasteiger partial charge on any atom is 0.351 e. The number of esters is 1. The molecule has 0 radical (unpaired) electrons. The number of rotatable bonds is 2. The molecule has 0 unspecified atom stereocenters. The second kappa shape index (κ2) is 5.34. The van der Waals surface area contributed by atoms with Gasteiger partial charge in [0.15, 0.2) is 11.5 Å². The minimum atomic E-state index is -0.783. The highest BCUT2D eigenvalue weighted by Crippen LogP contribution is 2.22. The highest BCUT2D eigenvalue weighted by Gasteiger charge is 2.16. The first-order chi connectivity index (χ1) is 11.6. The number of oxazole rings is 1. The van der Waals surface area contributed by atoms with Crippen LogP contribution in [0.5, 0.6) is 5.75 Å². The zero-order chi connectivity index (χ0) is 16.7. The van der Waals surface area contributed by atoms with E-state index in [1.54, 1.807) is 49.4 Å². The highest BCUT2D eigenvalue weighted by molar-refractivity contribution is 5.94. The summed E-state index contributed by atoms with van der Waals surface area (Å²) in [6.45, 7) is 1.73. The summed E-state index contributed by atoms with van der Waals surface area (Å²) >= 11 is 0. The smallest absolute Gasteiger partial charge is 0.351 e. The van der Waals surface area contributed by atoms with E-state index < -0.39 is 11.6 Å². The molecule has 0 bridgehead atoms. The number of carbonyl (C=O) groups is 1.